The number of carboxylic acids is 1. The van der Waals surface area contributed by atoms with Crippen molar-refractivity contribution in [2.75, 3.05) is 22.9 Å². The number of aliphatic hydroxyl groups is 2. The zero-order valence-electron chi connectivity index (χ0n) is 28.9. The predicted octanol–water partition coefficient (Wildman–Crippen LogP) is 6.09. The quantitative estimate of drug-likeness (QED) is 0.118. The number of hydrogen-bond donors (Lipinski definition) is 5. The molecular formula is C36H46N2O10S2. The molecule has 0 spiro atoms. The highest BCUT2D eigenvalue weighted by molar-refractivity contribution is 7.86. The molecule has 3 aliphatic rings. The summed E-state index contributed by atoms with van der Waals surface area (Å²) in [5, 5.41) is 32.1. The number of aliphatic hydroxyl groups excluding tert-OH is 2. The van der Waals surface area contributed by atoms with E-state index in [4.69, 9.17) is 5.11 Å². The van der Waals surface area contributed by atoms with Crippen molar-refractivity contribution in [1.29, 1.82) is 0 Å². The summed E-state index contributed by atoms with van der Waals surface area (Å²) >= 11 is 0. The van der Waals surface area contributed by atoms with Crippen molar-refractivity contribution in [2.24, 2.45) is 5.92 Å². The number of hydrogen-bond acceptors (Lipinski definition) is 9. The van der Waals surface area contributed by atoms with E-state index in [1.54, 1.807) is 18.2 Å². The number of anilines is 2. The van der Waals surface area contributed by atoms with Gasteiger partial charge >= 0.3 is 5.97 Å². The first-order valence-corrected chi connectivity index (χ1v) is 19.7. The molecule has 2 heterocycles. The van der Waals surface area contributed by atoms with Gasteiger partial charge in [0, 0.05) is 58.7 Å². The van der Waals surface area contributed by atoms with Gasteiger partial charge in [0.15, 0.2) is 0 Å². The number of nitrogens with zero attached hydrogens (tertiary/aromatic N) is 2. The highest BCUT2D eigenvalue weighted by Gasteiger charge is 2.46. The van der Waals surface area contributed by atoms with E-state index in [1.807, 2.05) is 38.7 Å². The van der Waals surface area contributed by atoms with Gasteiger partial charge in [-0.05, 0) is 72.9 Å². The molecule has 0 bridgehead atoms. The molecule has 50 heavy (non-hydrogen) atoms. The van der Waals surface area contributed by atoms with Crippen LogP contribution in [-0.4, -0.2) is 66.4 Å². The van der Waals surface area contributed by atoms with Crippen LogP contribution in [0.3, 0.4) is 0 Å². The highest BCUT2D eigenvalue weighted by Crippen LogP contribution is 2.52. The molecule has 2 atom stereocenters. The summed E-state index contributed by atoms with van der Waals surface area (Å²) in [4.78, 5) is 14.6. The topological polar surface area (TPSA) is 193 Å². The molecule has 2 aliphatic heterocycles. The van der Waals surface area contributed by atoms with Gasteiger partial charge in [-0.1, -0.05) is 53.5 Å². The van der Waals surface area contributed by atoms with Gasteiger partial charge < -0.3 is 25.1 Å². The van der Waals surface area contributed by atoms with Crippen LogP contribution >= 0.6 is 0 Å². The van der Waals surface area contributed by atoms with E-state index in [0.29, 0.717) is 60.4 Å². The Hall–Kier alpha value is -3.69. The Balaban J connectivity index is 1.53. The second-order valence-corrected chi connectivity index (χ2v) is 17.2. The van der Waals surface area contributed by atoms with Crippen LogP contribution in [0.5, 0.6) is 0 Å². The summed E-state index contributed by atoms with van der Waals surface area (Å²) in [6, 6.07) is 8.88. The van der Waals surface area contributed by atoms with Crippen LogP contribution < -0.4 is 9.80 Å². The lowest BCUT2D eigenvalue weighted by Crippen LogP contribution is -2.38. The maximum absolute atomic E-state index is 12.0. The van der Waals surface area contributed by atoms with Crippen LogP contribution in [0.4, 0.5) is 11.4 Å². The molecule has 0 amide bonds. The molecule has 14 heteroatoms. The molecule has 2 aromatic rings. The zero-order valence-corrected chi connectivity index (χ0v) is 30.6. The normalized spacial score (nSPS) is 22.6. The Morgan fingerprint density at radius 3 is 1.78 bits per heavy atom. The summed E-state index contributed by atoms with van der Waals surface area (Å²) < 4.78 is 67.5. The molecular weight excluding hydrogens is 685 g/mol. The van der Waals surface area contributed by atoms with Crippen molar-refractivity contribution in [3.05, 3.63) is 82.4 Å². The lowest BCUT2D eigenvalue weighted by molar-refractivity contribution is -0.137. The molecule has 5 N–H and O–H groups in total. The summed E-state index contributed by atoms with van der Waals surface area (Å²) in [6.45, 7) is 10.8. The van der Waals surface area contributed by atoms with Gasteiger partial charge in [-0.25, -0.2) is 0 Å². The number of carbonyl (C=O) groups is 1. The number of benzene rings is 2. The molecule has 2 unspecified atom stereocenters. The number of unbranched alkanes of at least 4 members (excludes halogenated alkanes) is 3. The van der Waals surface area contributed by atoms with Gasteiger partial charge in [0.05, 0.1) is 21.8 Å². The fraction of sp³-hybridized carbons (Fsp3) is 0.472. The smallest absolute Gasteiger partial charge is 0.303 e. The average molecular weight is 731 g/mol. The van der Waals surface area contributed by atoms with Gasteiger partial charge in [0.25, 0.3) is 20.2 Å². The Labute approximate surface area is 293 Å². The summed E-state index contributed by atoms with van der Waals surface area (Å²) in [5.74, 6) is -1.67. The molecule has 12 nitrogen and oxygen atoms in total. The average Bonchev–Trinajstić information content (AvgIpc) is 3.37. The predicted molar refractivity (Wildman–Crippen MR) is 190 cm³/mol. The molecule has 5 rings (SSSR count). The minimum absolute atomic E-state index is 0.0369. The molecule has 0 aromatic heterocycles. The van der Waals surface area contributed by atoms with Crippen molar-refractivity contribution in [1.82, 2.24) is 0 Å². The van der Waals surface area contributed by atoms with Crippen LogP contribution in [0.15, 0.2) is 81.1 Å². The molecule has 0 radical (unpaired) electrons. The van der Waals surface area contributed by atoms with Gasteiger partial charge in [-0.2, -0.15) is 16.8 Å². The first-order chi connectivity index (χ1) is 23.2. The maximum Gasteiger partial charge on any atom is 0.303 e. The largest absolute Gasteiger partial charge is 0.511 e. The van der Waals surface area contributed by atoms with Crippen molar-refractivity contribution in [3.63, 3.8) is 0 Å². The molecule has 272 valence electrons. The molecule has 0 saturated heterocycles. The number of carboxylic acid groups (broad SMARTS) is 1. The van der Waals surface area contributed by atoms with E-state index in [1.165, 1.54) is 24.3 Å². The fourth-order valence-corrected chi connectivity index (χ4v) is 8.36. The minimum atomic E-state index is -4.48. The first kappa shape index (κ1) is 37.6. The van der Waals surface area contributed by atoms with Crippen LogP contribution in [0.2, 0.25) is 0 Å². The third kappa shape index (κ3) is 6.83. The van der Waals surface area contributed by atoms with E-state index in [9.17, 15) is 40.9 Å². The number of fused-ring (bicyclic) bond motifs is 2. The second kappa shape index (κ2) is 13.5. The third-order valence-corrected chi connectivity index (χ3v) is 11.9. The molecule has 1 aliphatic carbocycles. The lowest BCUT2D eigenvalue weighted by atomic mass is 9.75. The van der Waals surface area contributed by atoms with Crippen molar-refractivity contribution in [3.8, 4) is 0 Å². The van der Waals surface area contributed by atoms with Gasteiger partial charge in [-0.3, -0.25) is 13.9 Å². The van der Waals surface area contributed by atoms with E-state index >= 15 is 0 Å². The van der Waals surface area contributed by atoms with Gasteiger partial charge in [0.1, 0.15) is 5.76 Å². The summed E-state index contributed by atoms with van der Waals surface area (Å²) in [7, 11) is -8.92. The molecule has 2 aromatic carbocycles. The fourth-order valence-electron chi connectivity index (χ4n) is 7.35. The van der Waals surface area contributed by atoms with Gasteiger partial charge in [0.2, 0.25) is 0 Å². The van der Waals surface area contributed by atoms with Crippen molar-refractivity contribution in [2.45, 2.75) is 99.9 Å². The maximum atomic E-state index is 12.0. The highest BCUT2D eigenvalue weighted by atomic mass is 32.2. The zero-order chi connectivity index (χ0) is 37.0. The second-order valence-electron chi connectivity index (χ2n) is 14.3. The Bertz CT molecular complexity index is 2010. The Kier molecular flexibility index (Phi) is 10.1. The van der Waals surface area contributed by atoms with E-state index in [2.05, 4.69) is 11.8 Å². The van der Waals surface area contributed by atoms with Crippen molar-refractivity contribution >= 4 is 37.6 Å². The Morgan fingerprint density at radius 1 is 0.800 bits per heavy atom. The van der Waals surface area contributed by atoms with E-state index in [0.717, 1.165) is 24.2 Å². The number of allylic oxidation sites excluding steroid dienone is 2. The van der Waals surface area contributed by atoms with Crippen LogP contribution in [0.1, 0.15) is 84.3 Å². The monoisotopic (exact) mass is 730 g/mol. The number of rotatable bonds is 13. The number of aliphatic carboxylic acids is 1. The van der Waals surface area contributed by atoms with Gasteiger partial charge in [-0.15, -0.1) is 0 Å². The Morgan fingerprint density at radius 2 is 1.30 bits per heavy atom. The molecule has 0 fully saturated rings. The van der Waals surface area contributed by atoms with Crippen molar-refractivity contribution < 1.29 is 46.1 Å². The van der Waals surface area contributed by atoms with Crippen LogP contribution in [0, 0.1) is 5.92 Å². The van der Waals surface area contributed by atoms with Crippen LogP contribution in [-0.2, 0) is 35.9 Å². The van der Waals surface area contributed by atoms with E-state index < -0.39 is 49.1 Å². The third-order valence-electron chi connectivity index (χ3n) is 10.2. The standard InChI is InChI=1S/C36H46N2O10S2/c1-6-7-16-37-28-14-12-22(49(43,44)45)18-26(28)35(2,3)30(37)20-24-33(41)25(34(24)42)21-31-36(4,5)27-19-23(50(46,47)48)13-15-29(27)38(31)17-10-8-9-11-32(39)40/h12-15,18-21,24,33,41-42H,6-11,16-17H2,1-5H3,(H,39,40)(H,43,44,45)(H,46,47,48). The lowest BCUT2D eigenvalue weighted by Gasteiger charge is -2.37. The summed E-state index contributed by atoms with van der Waals surface area (Å²) in [6.07, 6.45) is 5.99. The van der Waals surface area contributed by atoms with E-state index in [-0.39, 0.29) is 22.0 Å². The minimum Gasteiger partial charge on any atom is -0.511 e. The summed E-state index contributed by atoms with van der Waals surface area (Å²) in [5.41, 5.74) is 3.08. The first-order valence-electron chi connectivity index (χ1n) is 16.8. The van der Waals surface area contributed by atoms with Crippen LogP contribution in [0.25, 0.3) is 0 Å². The molecule has 0 saturated carbocycles. The SMILES string of the molecule is CCCCN1C(=CC2C(O)=C(C=C3N(CCCCCC(=O)O)c4ccc(S(=O)(=O)O)cc4C3(C)C)C2O)C(C)(C)c2cc(S(=O)(=O)O)ccc21.